The molecule has 1 fully saturated rings. The predicted molar refractivity (Wildman–Crippen MR) is 147 cm³/mol. The molecule has 0 unspecified atom stereocenters. The first-order valence-electron chi connectivity index (χ1n) is 12.8. The number of aromatic nitrogens is 4. The van der Waals surface area contributed by atoms with Gasteiger partial charge in [0.05, 0.1) is 13.4 Å². The Morgan fingerprint density at radius 2 is 1.68 bits per heavy atom. The van der Waals surface area contributed by atoms with Gasteiger partial charge in [0.25, 0.3) is 11.8 Å². The fraction of sp³-hybridized carbons (Fsp3) is 0.296. The van der Waals surface area contributed by atoms with Crippen molar-refractivity contribution < 1.29 is 34.0 Å². The normalized spacial score (nSPS) is 20.0. The quantitative estimate of drug-likeness (QED) is 0.188. The number of aliphatic hydroxyl groups excluding tert-OH is 2. The van der Waals surface area contributed by atoms with Gasteiger partial charge >= 0.3 is 0 Å². The smallest absolute Gasteiger partial charge is 0.262 e. The van der Waals surface area contributed by atoms with Gasteiger partial charge in [-0.25, -0.2) is 15.0 Å². The molecule has 0 aliphatic carbocycles. The molecule has 1 aliphatic rings. The summed E-state index contributed by atoms with van der Waals surface area (Å²) in [6, 6.07) is 13.9. The van der Waals surface area contributed by atoms with E-state index in [1.807, 2.05) is 0 Å². The molecule has 0 saturated carbocycles. The van der Waals surface area contributed by atoms with E-state index in [0.717, 1.165) is 0 Å². The maximum absolute atomic E-state index is 12.2. The molecule has 14 heteroatoms. The zero-order valence-corrected chi connectivity index (χ0v) is 22.2. The summed E-state index contributed by atoms with van der Waals surface area (Å²) in [4.78, 5) is 37.3. The Morgan fingerprint density at radius 1 is 0.976 bits per heavy atom. The average molecular weight is 564 g/mol. The summed E-state index contributed by atoms with van der Waals surface area (Å²) in [5, 5.41) is 29.4. The Balaban J connectivity index is 1.22. The van der Waals surface area contributed by atoms with E-state index in [4.69, 9.17) is 14.2 Å². The van der Waals surface area contributed by atoms with Crippen LogP contribution in [-0.2, 0) is 14.3 Å². The molecule has 5 N–H and O–H groups in total. The molecule has 4 aromatic rings. The number of hydrogen-bond acceptors (Lipinski definition) is 11. The van der Waals surface area contributed by atoms with Gasteiger partial charge in [0.1, 0.15) is 30.0 Å². The average Bonchev–Trinajstić information content (AvgIpc) is 3.54. The molecule has 1 aliphatic heterocycles. The lowest BCUT2D eigenvalue weighted by Crippen LogP contribution is -2.42. The number of fused-ring (bicyclic) bond motifs is 1. The number of benzene rings is 2. The number of nitrogens with zero attached hydrogens (tertiary/aromatic N) is 4. The zero-order valence-electron chi connectivity index (χ0n) is 22.2. The molecule has 0 radical (unpaired) electrons. The molecule has 0 bridgehead atoms. The molecular weight excluding hydrogens is 534 g/mol. The highest BCUT2D eigenvalue weighted by atomic mass is 16.6. The summed E-state index contributed by atoms with van der Waals surface area (Å²) in [6.45, 7) is 1.93. The van der Waals surface area contributed by atoms with Gasteiger partial charge in [-0.15, -0.1) is 0 Å². The van der Waals surface area contributed by atoms with Crippen LogP contribution >= 0.6 is 0 Å². The fourth-order valence-corrected chi connectivity index (χ4v) is 4.30. The monoisotopic (exact) mass is 563 g/mol. The number of amides is 2. The van der Waals surface area contributed by atoms with Crippen LogP contribution in [0.15, 0.2) is 61.2 Å². The number of imidazole rings is 1. The third-order valence-corrected chi connectivity index (χ3v) is 6.34. The van der Waals surface area contributed by atoms with E-state index in [-0.39, 0.29) is 12.5 Å². The molecular formula is C27H29N7O7. The van der Waals surface area contributed by atoms with Crippen LogP contribution in [0.5, 0.6) is 11.5 Å². The number of aliphatic hydroxyl groups is 2. The molecule has 2 amide bonds. The number of likely N-dealkylation sites (N-methyl/N-ethyl adjacent to an activating group) is 1. The minimum absolute atomic E-state index is 0.173. The van der Waals surface area contributed by atoms with Crippen LogP contribution < -0.4 is 25.4 Å². The number of rotatable bonds is 10. The second-order valence-corrected chi connectivity index (χ2v) is 9.08. The first-order valence-corrected chi connectivity index (χ1v) is 12.8. The van der Waals surface area contributed by atoms with Crippen molar-refractivity contribution in [3.05, 3.63) is 61.2 Å². The van der Waals surface area contributed by atoms with Crippen LogP contribution in [0.3, 0.4) is 0 Å². The first-order chi connectivity index (χ1) is 19.9. The van der Waals surface area contributed by atoms with E-state index >= 15 is 0 Å². The van der Waals surface area contributed by atoms with Crippen LogP contribution in [0.1, 0.15) is 13.2 Å². The van der Waals surface area contributed by atoms with E-state index in [1.54, 1.807) is 62.6 Å². The lowest BCUT2D eigenvalue weighted by Gasteiger charge is -2.16. The molecule has 2 aromatic heterocycles. The fourth-order valence-electron chi connectivity index (χ4n) is 4.30. The third kappa shape index (κ3) is 6.04. The van der Waals surface area contributed by atoms with Crippen LogP contribution in [-0.4, -0.2) is 80.1 Å². The van der Waals surface area contributed by atoms with Gasteiger partial charge in [0.2, 0.25) is 0 Å². The lowest BCUT2D eigenvalue weighted by atomic mass is 10.1. The second kappa shape index (κ2) is 12.2. The predicted octanol–water partition coefficient (Wildman–Crippen LogP) is 1.35. The summed E-state index contributed by atoms with van der Waals surface area (Å²) in [5.41, 5.74) is 2.01. The van der Waals surface area contributed by atoms with Crippen molar-refractivity contribution in [1.29, 1.82) is 0 Å². The molecule has 14 nitrogen and oxygen atoms in total. The minimum atomic E-state index is -1.42. The van der Waals surface area contributed by atoms with Gasteiger partial charge in [0, 0.05) is 17.9 Å². The van der Waals surface area contributed by atoms with Crippen molar-refractivity contribution in [2.75, 3.05) is 30.9 Å². The van der Waals surface area contributed by atoms with Crippen molar-refractivity contribution >= 4 is 40.2 Å². The van der Waals surface area contributed by atoms with E-state index in [1.165, 1.54) is 17.2 Å². The molecule has 214 valence electrons. The second-order valence-electron chi connectivity index (χ2n) is 9.08. The van der Waals surface area contributed by atoms with Crippen LogP contribution in [0, 0.1) is 0 Å². The van der Waals surface area contributed by atoms with Crippen LogP contribution in [0.2, 0.25) is 0 Å². The van der Waals surface area contributed by atoms with Crippen molar-refractivity contribution in [3.63, 3.8) is 0 Å². The van der Waals surface area contributed by atoms with Crippen molar-refractivity contribution in [2.24, 2.45) is 0 Å². The standard InChI is InChI=1S/C27H29N7O7/c1-3-28-26(38)23-21(36)22(37)27(41-23)34-14-31-20-24(29-13-30-25(20)34)33-16-6-10-18(11-7-16)40-12-19(35)32-15-4-8-17(39-2)9-5-15/h4-11,13-14,21-23,27,36-37H,3,12H2,1-2H3,(H,28,38)(H,32,35)(H,29,30,33)/t21-,22+,23-,27+/m0/s1. The molecule has 2 aromatic carbocycles. The number of nitrogens with one attached hydrogen (secondary N) is 3. The Hall–Kier alpha value is -4.79. The minimum Gasteiger partial charge on any atom is -0.497 e. The van der Waals surface area contributed by atoms with Crippen molar-refractivity contribution in [3.8, 4) is 11.5 Å². The highest BCUT2D eigenvalue weighted by molar-refractivity contribution is 5.92. The van der Waals surface area contributed by atoms with Gasteiger partial charge < -0.3 is 40.4 Å². The van der Waals surface area contributed by atoms with Gasteiger partial charge in [-0.1, -0.05) is 0 Å². The maximum Gasteiger partial charge on any atom is 0.262 e. The number of ether oxygens (including phenoxy) is 3. The third-order valence-electron chi connectivity index (χ3n) is 6.34. The molecule has 4 atom stereocenters. The van der Waals surface area contributed by atoms with E-state index in [0.29, 0.717) is 46.4 Å². The summed E-state index contributed by atoms with van der Waals surface area (Å²) in [6.07, 6.45) is -2.39. The first kappa shape index (κ1) is 27.8. The summed E-state index contributed by atoms with van der Waals surface area (Å²) in [7, 11) is 1.57. The Labute approximate surface area is 234 Å². The van der Waals surface area contributed by atoms with Crippen molar-refractivity contribution in [1.82, 2.24) is 24.8 Å². The Morgan fingerprint density at radius 3 is 2.39 bits per heavy atom. The van der Waals surface area contributed by atoms with Crippen LogP contribution in [0.4, 0.5) is 17.2 Å². The number of carbonyl (C=O) groups excluding carboxylic acids is 2. The van der Waals surface area contributed by atoms with Gasteiger partial charge in [-0.05, 0) is 55.5 Å². The largest absolute Gasteiger partial charge is 0.497 e. The molecule has 5 rings (SSSR count). The number of hydrogen-bond donors (Lipinski definition) is 5. The Kier molecular flexibility index (Phi) is 8.24. The highest BCUT2D eigenvalue weighted by Gasteiger charge is 2.47. The van der Waals surface area contributed by atoms with Gasteiger partial charge in [0.15, 0.2) is 35.9 Å². The van der Waals surface area contributed by atoms with Gasteiger partial charge in [-0.2, -0.15) is 0 Å². The topological polar surface area (TPSA) is 182 Å². The molecule has 0 spiro atoms. The highest BCUT2D eigenvalue weighted by Crippen LogP contribution is 2.33. The molecule has 1 saturated heterocycles. The van der Waals surface area contributed by atoms with Crippen molar-refractivity contribution in [2.45, 2.75) is 31.5 Å². The number of methoxy groups -OCH3 is 1. The maximum atomic E-state index is 12.2. The van der Waals surface area contributed by atoms with Crippen LogP contribution in [0.25, 0.3) is 11.2 Å². The summed E-state index contributed by atoms with van der Waals surface area (Å²) in [5.74, 6) is 0.738. The molecule has 41 heavy (non-hydrogen) atoms. The van der Waals surface area contributed by atoms with Gasteiger partial charge in [-0.3, -0.25) is 14.2 Å². The van der Waals surface area contributed by atoms with E-state index in [9.17, 15) is 19.8 Å². The number of carbonyl (C=O) groups is 2. The summed E-state index contributed by atoms with van der Waals surface area (Å²) < 4.78 is 17.8. The molecule has 3 heterocycles. The zero-order chi connectivity index (χ0) is 28.9. The SMILES string of the molecule is CCNC(=O)[C@H]1O[C@@H](n2cnc3c(Nc4ccc(OCC(=O)Nc5ccc(OC)cc5)cc4)ncnc32)[C@H](O)[C@@H]1O. The lowest BCUT2D eigenvalue weighted by molar-refractivity contribution is -0.137. The Bertz CT molecular complexity index is 1510. The van der Waals surface area contributed by atoms with E-state index in [2.05, 4.69) is 30.9 Å². The summed E-state index contributed by atoms with van der Waals surface area (Å²) >= 11 is 0. The number of anilines is 3. The van der Waals surface area contributed by atoms with E-state index < -0.39 is 30.4 Å².